The molecule has 0 saturated heterocycles. The zero-order chi connectivity index (χ0) is 16.3. The molecule has 1 aliphatic carbocycles. The maximum Gasteiger partial charge on any atom is 0.253 e. The molecule has 5 heteroatoms. The zero-order valence-corrected chi connectivity index (χ0v) is 13.6. The van der Waals surface area contributed by atoms with E-state index in [0.717, 1.165) is 24.8 Å². The lowest BCUT2D eigenvalue weighted by molar-refractivity contribution is -0.120. The standard InChI is InChI=1S/C17H25N3O2/c1-11-7-8-13(9-15(11)17(22)20(2)3)19-16(21)14-6-4-5-12(14)10-18/h7-9,12,14H,4-6,10,18H2,1-3H3,(H,19,21)/t12-,14-/m1/s1. The predicted octanol–water partition coefficient (Wildman–Crippen LogP) is 2.01. The van der Waals surface area contributed by atoms with Crippen molar-refractivity contribution in [1.82, 2.24) is 4.90 Å². The fraction of sp³-hybridized carbons (Fsp3) is 0.529. The number of aryl methyl sites for hydroxylation is 1. The molecule has 1 aromatic carbocycles. The van der Waals surface area contributed by atoms with Crippen LogP contribution in [0.25, 0.3) is 0 Å². The fourth-order valence-electron chi connectivity index (χ4n) is 3.07. The lowest BCUT2D eigenvalue weighted by atomic mass is 9.95. The molecule has 5 nitrogen and oxygen atoms in total. The van der Waals surface area contributed by atoms with Crippen LogP contribution in [0.2, 0.25) is 0 Å². The molecule has 2 atom stereocenters. The highest BCUT2D eigenvalue weighted by atomic mass is 16.2. The number of amides is 2. The fourth-order valence-corrected chi connectivity index (χ4v) is 3.07. The van der Waals surface area contributed by atoms with E-state index in [2.05, 4.69) is 5.32 Å². The summed E-state index contributed by atoms with van der Waals surface area (Å²) in [6.07, 6.45) is 2.97. The zero-order valence-electron chi connectivity index (χ0n) is 13.6. The van der Waals surface area contributed by atoms with Crippen LogP contribution in [0.4, 0.5) is 5.69 Å². The summed E-state index contributed by atoms with van der Waals surface area (Å²) in [5.74, 6) is 0.210. The highest BCUT2D eigenvalue weighted by Crippen LogP contribution is 2.32. The van der Waals surface area contributed by atoms with Gasteiger partial charge in [-0.05, 0) is 49.9 Å². The summed E-state index contributed by atoms with van der Waals surface area (Å²) in [5.41, 5.74) is 7.93. The Hall–Kier alpha value is -1.88. The van der Waals surface area contributed by atoms with Crippen LogP contribution < -0.4 is 11.1 Å². The highest BCUT2D eigenvalue weighted by molar-refractivity contribution is 5.98. The minimum Gasteiger partial charge on any atom is -0.345 e. The first-order chi connectivity index (χ1) is 10.4. The van der Waals surface area contributed by atoms with Crippen LogP contribution in [0, 0.1) is 18.8 Å². The number of nitrogens with one attached hydrogen (secondary N) is 1. The van der Waals surface area contributed by atoms with Crippen LogP contribution in [-0.4, -0.2) is 37.4 Å². The number of nitrogens with two attached hydrogens (primary N) is 1. The van der Waals surface area contributed by atoms with Gasteiger partial charge in [-0.25, -0.2) is 0 Å². The van der Waals surface area contributed by atoms with Gasteiger partial charge in [-0.2, -0.15) is 0 Å². The second-order valence-electron chi connectivity index (χ2n) is 6.25. The molecule has 1 aromatic rings. The molecule has 0 heterocycles. The van der Waals surface area contributed by atoms with Gasteiger partial charge in [-0.3, -0.25) is 9.59 Å². The number of benzene rings is 1. The maximum absolute atomic E-state index is 12.4. The highest BCUT2D eigenvalue weighted by Gasteiger charge is 2.32. The van der Waals surface area contributed by atoms with Gasteiger partial charge in [0, 0.05) is 31.3 Å². The Labute approximate surface area is 131 Å². The van der Waals surface area contributed by atoms with Crippen molar-refractivity contribution >= 4 is 17.5 Å². The van der Waals surface area contributed by atoms with Crippen molar-refractivity contribution in [3.05, 3.63) is 29.3 Å². The molecule has 0 radical (unpaired) electrons. The topological polar surface area (TPSA) is 75.4 Å². The predicted molar refractivity (Wildman–Crippen MR) is 87.7 cm³/mol. The number of carbonyl (C=O) groups is 2. The Kier molecular flexibility index (Phi) is 5.19. The van der Waals surface area contributed by atoms with Crippen molar-refractivity contribution in [1.29, 1.82) is 0 Å². The first-order valence-corrected chi connectivity index (χ1v) is 7.77. The van der Waals surface area contributed by atoms with Crippen molar-refractivity contribution < 1.29 is 9.59 Å². The van der Waals surface area contributed by atoms with E-state index in [1.807, 2.05) is 19.1 Å². The van der Waals surface area contributed by atoms with E-state index >= 15 is 0 Å². The molecule has 1 aliphatic rings. The van der Waals surface area contributed by atoms with Crippen LogP contribution in [0.15, 0.2) is 18.2 Å². The van der Waals surface area contributed by atoms with Gasteiger partial charge >= 0.3 is 0 Å². The van der Waals surface area contributed by atoms with Crippen molar-refractivity contribution in [3.63, 3.8) is 0 Å². The van der Waals surface area contributed by atoms with E-state index in [0.29, 0.717) is 17.8 Å². The normalized spacial score (nSPS) is 20.7. The SMILES string of the molecule is Cc1ccc(NC(=O)[C@@H]2CCC[C@@H]2CN)cc1C(=O)N(C)C. The van der Waals surface area contributed by atoms with E-state index in [9.17, 15) is 9.59 Å². The summed E-state index contributed by atoms with van der Waals surface area (Å²) >= 11 is 0. The average molecular weight is 303 g/mol. The molecule has 0 spiro atoms. The largest absolute Gasteiger partial charge is 0.345 e. The first kappa shape index (κ1) is 16.5. The van der Waals surface area contributed by atoms with Crippen LogP contribution in [0.3, 0.4) is 0 Å². The van der Waals surface area contributed by atoms with E-state index in [1.165, 1.54) is 4.90 Å². The number of nitrogens with zero attached hydrogens (tertiary/aromatic N) is 1. The molecule has 0 aliphatic heterocycles. The molecule has 1 saturated carbocycles. The number of carbonyl (C=O) groups excluding carboxylic acids is 2. The smallest absolute Gasteiger partial charge is 0.253 e. The van der Waals surface area contributed by atoms with Crippen LogP contribution in [0.5, 0.6) is 0 Å². The monoisotopic (exact) mass is 303 g/mol. The van der Waals surface area contributed by atoms with Crippen molar-refractivity contribution in [2.75, 3.05) is 26.0 Å². The number of hydrogen-bond donors (Lipinski definition) is 2. The Morgan fingerprint density at radius 1 is 1.32 bits per heavy atom. The van der Waals surface area contributed by atoms with Crippen molar-refractivity contribution in [2.45, 2.75) is 26.2 Å². The third-order valence-electron chi connectivity index (χ3n) is 4.44. The molecular formula is C17H25N3O2. The van der Waals surface area contributed by atoms with Crippen LogP contribution >= 0.6 is 0 Å². The summed E-state index contributed by atoms with van der Waals surface area (Å²) in [6, 6.07) is 5.45. The second kappa shape index (κ2) is 6.92. The minimum absolute atomic E-state index is 0.0139. The van der Waals surface area contributed by atoms with Gasteiger partial charge in [0.15, 0.2) is 0 Å². The quantitative estimate of drug-likeness (QED) is 0.893. The summed E-state index contributed by atoms with van der Waals surface area (Å²) < 4.78 is 0. The number of anilines is 1. The Morgan fingerprint density at radius 2 is 2.05 bits per heavy atom. The molecule has 3 N–H and O–H groups in total. The maximum atomic E-state index is 12.4. The van der Waals surface area contributed by atoms with Gasteiger partial charge in [0.1, 0.15) is 0 Å². The summed E-state index contributed by atoms with van der Waals surface area (Å²) in [7, 11) is 3.44. The van der Waals surface area contributed by atoms with Gasteiger partial charge in [0.25, 0.3) is 5.91 Å². The van der Waals surface area contributed by atoms with Crippen molar-refractivity contribution in [2.24, 2.45) is 17.6 Å². The van der Waals surface area contributed by atoms with Crippen molar-refractivity contribution in [3.8, 4) is 0 Å². The van der Waals surface area contributed by atoms with Crippen LogP contribution in [-0.2, 0) is 4.79 Å². The van der Waals surface area contributed by atoms with Gasteiger partial charge in [0.05, 0.1) is 0 Å². The molecule has 1 fully saturated rings. The molecule has 0 bridgehead atoms. The van der Waals surface area contributed by atoms with Gasteiger partial charge in [0.2, 0.25) is 5.91 Å². The second-order valence-corrected chi connectivity index (χ2v) is 6.25. The van der Waals surface area contributed by atoms with Gasteiger partial charge in [-0.15, -0.1) is 0 Å². The van der Waals surface area contributed by atoms with E-state index < -0.39 is 0 Å². The molecule has 2 amide bonds. The summed E-state index contributed by atoms with van der Waals surface area (Å²) in [6.45, 7) is 2.44. The number of hydrogen-bond acceptors (Lipinski definition) is 3. The Bertz CT molecular complexity index is 569. The average Bonchev–Trinajstić information content (AvgIpc) is 2.97. The summed E-state index contributed by atoms with van der Waals surface area (Å²) in [4.78, 5) is 26.1. The lowest BCUT2D eigenvalue weighted by Crippen LogP contribution is -2.30. The van der Waals surface area contributed by atoms with E-state index in [-0.39, 0.29) is 23.7 Å². The molecule has 0 aromatic heterocycles. The molecular weight excluding hydrogens is 278 g/mol. The summed E-state index contributed by atoms with van der Waals surface area (Å²) in [5, 5.41) is 2.94. The lowest BCUT2D eigenvalue weighted by Gasteiger charge is -2.18. The molecule has 0 unspecified atom stereocenters. The third-order valence-corrected chi connectivity index (χ3v) is 4.44. The van der Waals surface area contributed by atoms with E-state index in [1.54, 1.807) is 20.2 Å². The van der Waals surface area contributed by atoms with Gasteiger partial charge < -0.3 is 16.0 Å². The van der Waals surface area contributed by atoms with E-state index in [4.69, 9.17) is 5.73 Å². The molecule has 120 valence electrons. The minimum atomic E-state index is -0.0608. The molecule has 22 heavy (non-hydrogen) atoms. The third kappa shape index (κ3) is 3.47. The number of rotatable bonds is 4. The Morgan fingerprint density at radius 3 is 2.68 bits per heavy atom. The van der Waals surface area contributed by atoms with Gasteiger partial charge in [-0.1, -0.05) is 12.5 Å². The Balaban J connectivity index is 2.15. The first-order valence-electron chi connectivity index (χ1n) is 7.77. The molecule has 2 rings (SSSR count). The van der Waals surface area contributed by atoms with Crippen LogP contribution in [0.1, 0.15) is 35.2 Å².